The van der Waals surface area contributed by atoms with Gasteiger partial charge in [-0.25, -0.2) is 9.78 Å². The molecule has 2 N–H and O–H groups in total. The summed E-state index contributed by atoms with van der Waals surface area (Å²) in [6.07, 6.45) is 11.4. The Morgan fingerprint density at radius 3 is 2.88 bits per heavy atom. The molecule has 172 valence electrons. The third-order valence-electron chi connectivity index (χ3n) is 6.61. The van der Waals surface area contributed by atoms with E-state index in [4.69, 9.17) is 4.74 Å². The first-order valence-electron chi connectivity index (χ1n) is 11.3. The number of aromatic nitrogens is 2. The maximum Gasteiger partial charge on any atom is 0.376 e. The predicted molar refractivity (Wildman–Crippen MR) is 127 cm³/mol. The first kappa shape index (κ1) is 23.1. The molecule has 0 bridgehead atoms. The summed E-state index contributed by atoms with van der Waals surface area (Å²) in [5.74, 6) is 0.0828. The fourth-order valence-corrected chi connectivity index (χ4v) is 4.52. The Bertz CT molecular complexity index is 1100. The van der Waals surface area contributed by atoms with E-state index in [1.54, 1.807) is 19.1 Å². The molecule has 2 aromatic rings. The minimum absolute atomic E-state index is 0.0778. The average molecular weight is 448 g/mol. The molecule has 1 aliphatic carbocycles. The Labute approximate surface area is 194 Å². The minimum Gasteiger partial charge on any atom is -0.465 e. The van der Waals surface area contributed by atoms with Crippen LogP contribution in [0.15, 0.2) is 30.6 Å². The number of methoxy groups -OCH3 is 1. The van der Waals surface area contributed by atoms with Crippen molar-refractivity contribution < 1.29 is 19.3 Å². The molecule has 0 saturated heterocycles. The van der Waals surface area contributed by atoms with E-state index in [0.29, 0.717) is 24.2 Å². The molecule has 0 aromatic carbocycles. The highest BCUT2D eigenvalue weighted by molar-refractivity contribution is 6.45. The number of amides is 1. The number of hydrogen-bond donors (Lipinski definition) is 2. The zero-order chi connectivity index (χ0) is 23.6. The quantitative estimate of drug-likeness (QED) is 0.363. The van der Waals surface area contributed by atoms with Crippen LogP contribution in [0.3, 0.4) is 0 Å². The number of fused-ring (bicyclic) bond motifs is 3. The molecule has 1 atom stereocenters. The van der Waals surface area contributed by atoms with Gasteiger partial charge in [0.2, 0.25) is 5.91 Å². The van der Waals surface area contributed by atoms with Crippen molar-refractivity contribution in [2.45, 2.75) is 44.3 Å². The summed E-state index contributed by atoms with van der Waals surface area (Å²) in [6.45, 7) is 2.62. The Hall–Kier alpha value is -3.04. The number of allylic oxidation sites excluding steroid dienone is 1. The molecule has 1 amide bonds. The van der Waals surface area contributed by atoms with E-state index in [-0.39, 0.29) is 5.91 Å². The van der Waals surface area contributed by atoms with Crippen LogP contribution in [0.4, 0.5) is 5.82 Å². The first-order chi connectivity index (χ1) is 15.8. The van der Waals surface area contributed by atoms with Crippen molar-refractivity contribution in [1.29, 1.82) is 0 Å². The van der Waals surface area contributed by atoms with Gasteiger partial charge in [0.1, 0.15) is 5.82 Å². The van der Waals surface area contributed by atoms with Gasteiger partial charge in [-0.05, 0) is 69.4 Å². The molecule has 33 heavy (non-hydrogen) atoms. The number of carbonyl (C=O) groups excluding carboxylic acids is 2. The third-order valence-corrected chi connectivity index (χ3v) is 6.61. The second-order valence-corrected chi connectivity index (χ2v) is 8.89. The van der Waals surface area contributed by atoms with Gasteiger partial charge in [-0.15, -0.1) is 0 Å². The first-order valence-corrected chi connectivity index (χ1v) is 11.3. The molecule has 0 saturated carbocycles. The van der Waals surface area contributed by atoms with Gasteiger partial charge in [-0.3, -0.25) is 9.78 Å². The topological polar surface area (TPSA) is 105 Å². The van der Waals surface area contributed by atoms with Crippen molar-refractivity contribution >= 4 is 30.8 Å². The summed E-state index contributed by atoms with van der Waals surface area (Å²) in [5.41, 5.74) is 3.19. The van der Waals surface area contributed by atoms with Gasteiger partial charge >= 0.3 is 13.0 Å². The number of unbranched alkanes of at least 4 members (excludes halogenated alkanes) is 2. The molecule has 0 fully saturated rings. The van der Waals surface area contributed by atoms with Crippen LogP contribution in [0.5, 0.6) is 0 Å². The van der Waals surface area contributed by atoms with E-state index in [1.165, 1.54) is 13.3 Å². The van der Waals surface area contributed by atoms with Crippen LogP contribution in [0.25, 0.3) is 6.08 Å². The molecule has 1 aliphatic heterocycles. The van der Waals surface area contributed by atoms with E-state index in [2.05, 4.69) is 21.4 Å². The molecular weight excluding hydrogens is 419 g/mol. The van der Waals surface area contributed by atoms with Gasteiger partial charge in [-0.1, -0.05) is 12.2 Å². The number of nitrogens with zero attached hydrogens (tertiary/aromatic N) is 3. The Kier molecular flexibility index (Phi) is 6.62. The van der Waals surface area contributed by atoms with Crippen LogP contribution >= 0.6 is 0 Å². The van der Waals surface area contributed by atoms with Crippen molar-refractivity contribution in [1.82, 2.24) is 14.8 Å². The van der Waals surface area contributed by atoms with Crippen molar-refractivity contribution in [3.05, 3.63) is 58.6 Å². The number of anilines is 1. The number of rotatable bonds is 8. The number of ether oxygens (including phenoxy) is 1. The molecule has 3 heterocycles. The Balaban J connectivity index is 1.47. The molecule has 1 spiro atoms. The molecule has 4 rings (SSSR count). The summed E-state index contributed by atoms with van der Waals surface area (Å²) in [5, 5.41) is 12.4. The molecule has 0 radical (unpaired) electrons. The Morgan fingerprint density at radius 1 is 1.30 bits per heavy atom. The SMILES string of the molecule is COC(=O)c1cnc2c(c1)C[C@@]1(C2)C(=O)Nc2ncc(/C=C/CCCCN(C)B(C)O)cc21. The summed E-state index contributed by atoms with van der Waals surface area (Å²) < 4.78 is 4.80. The summed E-state index contributed by atoms with van der Waals surface area (Å²) >= 11 is 0. The lowest BCUT2D eigenvalue weighted by Gasteiger charge is -2.20. The highest BCUT2D eigenvalue weighted by Gasteiger charge is 2.51. The number of hydrogen-bond acceptors (Lipinski definition) is 7. The van der Waals surface area contributed by atoms with E-state index in [0.717, 1.165) is 48.2 Å². The number of esters is 1. The smallest absolute Gasteiger partial charge is 0.376 e. The second kappa shape index (κ2) is 9.45. The molecule has 2 aromatic heterocycles. The second-order valence-electron chi connectivity index (χ2n) is 8.89. The molecule has 8 nitrogen and oxygen atoms in total. The lowest BCUT2D eigenvalue weighted by Crippen LogP contribution is -2.35. The average Bonchev–Trinajstić information content (AvgIpc) is 3.32. The van der Waals surface area contributed by atoms with Crippen LogP contribution in [-0.4, -0.2) is 59.4 Å². The van der Waals surface area contributed by atoms with Crippen LogP contribution in [0.2, 0.25) is 6.82 Å². The van der Waals surface area contributed by atoms with Gasteiger partial charge in [0, 0.05) is 30.1 Å². The van der Waals surface area contributed by atoms with Gasteiger partial charge < -0.3 is 19.9 Å². The highest BCUT2D eigenvalue weighted by atomic mass is 16.5. The van der Waals surface area contributed by atoms with Gasteiger partial charge in [0.05, 0.1) is 18.1 Å². The van der Waals surface area contributed by atoms with E-state index in [1.807, 2.05) is 24.0 Å². The van der Waals surface area contributed by atoms with Gasteiger partial charge in [0.15, 0.2) is 0 Å². The number of nitrogens with one attached hydrogen (secondary N) is 1. The standard InChI is InChI=1S/C24H29BN4O4/c1-25(32)29(2)9-7-5-4-6-8-16-10-19-21(27-14-16)28-23(31)24(19)12-17-11-18(22(30)33-3)15-26-20(17)13-24/h6,8,10-11,14-15,32H,4-5,7,9,12-13H2,1-3H3,(H,27,28,31)/b8-6+/t24-/m0/s1. The van der Waals surface area contributed by atoms with Crippen LogP contribution in [0.1, 0.15) is 52.0 Å². The lowest BCUT2D eigenvalue weighted by atomic mass is 9.79. The largest absolute Gasteiger partial charge is 0.465 e. The maximum atomic E-state index is 13.0. The van der Waals surface area contributed by atoms with Crippen molar-refractivity contribution in [2.24, 2.45) is 0 Å². The van der Waals surface area contributed by atoms with Crippen molar-refractivity contribution in [2.75, 3.05) is 26.0 Å². The minimum atomic E-state index is -0.748. The molecular formula is C24H29BN4O4. The van der Waals surface area contributed by atoms with E-state index in [9.17, 15) is 14.6 Å². The summed E-state index contributed by atoms with van der Waals surface area (Å²) in [4.78, 5) is 35.8. The molecule has 2 aliphatic rings. The number of pyridine rings is 2. The van der Waals surface area contributed by atoms with E-state index >= 15 is 0 Å². The van der Waals surface area contributed by atoms with Gasteiger partial charge in [-0.2, -0.15) is 0 Å². The van der Waals surface area contributed by atoms with Crippen molar-refractivity contribution in [3.63, 3.8) is 0 Å². The highest BCUT2D eigenvalue weighted by Crippen LogP contribution is 2.46. The normalized spacial score (nSPS) is 18.6. The zero-order valence-electron chi connectivity index (χ0n) is 19.3. The van der Waals surface area contributed by atoms with Crippen LogP contribution in [0, 0.1) is 0 Å². The fourth-order valence-electron chi connectivity index (χ4n) is 4.52. The lowest BCUT2D eigenvalue weighted by molar-refractivity contribution is -0.120. The Morgan fingerprint density at radius 2 is 2.12 bits per heavy atom. The number of carbonyl (C=O) groups is 2. The van der Waals surface area contributed by atoms with Crippen LogP contribution < -0.4 is 5.32 Å². The van der Waals surface area contributed by atoms with E-state index < -0.39 is 18.4 Å². The van der Waals surface area contributed by atoms with Gasteiger partial charge in [0.25, 0.3) is 0 Å². The molecule has 9 heteroatoms. The fraction of sp³-hybridized carbons (Fsp3) is 0.417. The maximum absolute atomic E-state index is 13.0. The molecule has 0 unspecified atom stereocenters. The zero-order valence-corrected chi connectivity index (χ0v) is 19.3. The summed E-state index contributed by atoms with van der Waals surface area (Å²) in [7, 11) is 2.83. The monoisotopic (exact) mass is 448 g/mol. The summed E-state index contributed by atoms with van der Waals surface area (Å²) in [6, 6.07) is 3.81. The van der Waals surface area contributed by atoms with Crippen molar-refractivity contribution in [3.8, 4) is 0 Å². The van der Waals surface area contributed by atoms with Crippen LogP contribution in [-0.2, 0) is 27.8 Å². The predicted octanol–water partition coefficient (Wildman–Crippen LogP) is 2.48. The third kappa shape index (κ3) is 4.56.